The molecule has 0 aromatic rings. The maximum Gasteiger partial charge on any atom is 0.306 e. The second-order valence-corrected chi connectivity index (χ2v) is 5.21. The van der Waals surface area contributed by atoms with Gasteiger partial charge in [-0.2, -0.15) is 0 Å². The number of aliphatic hydroxyl groups excluding tert-OH is 2. The molecule has 0 saturated heterocycles. The molecule has 0 spiro atoms. The molecule has 23 heavy (non-hydrogen) atoms. The highest BCUT2D eigenvalue weighted by molar-refractivity contribution is 5.70. The first-order valence-corrected chi connectivity index (χ1v) is 8.62. The third-order valence-corrected chi connectivity index (χ3v) is 2.90. The maximum atomic E-state index is 11.5. The van der Waals surface area contributed by atoms with Gasteiger partial charge >= 0.3 is 11.9 Å². The van der Waals surface area contributed by atoms with Crippen molar-refractivity contribution in [1.29, 1.82) is 0 Å². The Hall–Kier alpha value is -1.14. The molecule has 0 aliphatic rings. The van der Waals surface area contributed by atoms with E-state index in [1.165, 1.54) is 0 Å². The summed E-state index contributed by atoms with van der Waals surface area (Å²) >= 11 is 0. The molecule has 0 heterocycles. The van der Waals surface area contributed by atoms with Crippen LogP contribution in [-0.2, 0) is 19.1 Å². The lowest BCUT2D eigenvalue weighted by Gasteiger charge is -2.15. The van der Waals surface area contributed by atoms with Crippen LogP contribution in [0.15, 0.2) is 0 Å². The zero-order chi connectivity index (χ0) is 17.9. The lowest BCUT2D eigenvalue weighted by atomic mass is 10.2. The number of ether oxygens (including phenoxy) is 2. The van der Waals surface area contributed by atoms with Crippen molar-refractivity contribution in [2.24, 2.45) is 0 Å². The van der Waals surface area contributed by atoms with Gasteiger partial charge < -0.3 is 19.7 Å². The van der Waals surface area contributed by atoms with E-state index in [9.17, 15) is 9.59 Å². The Morgan fingerprint density at radius 1 is 0.870 bits per heavy atom. The van der Waals surface area contributed by atoms with Crippen molar-refractivity contribution in [1.82, 2.24) is 0 Å². The van der Waals surface area contributed by atoms with E-state index in [1.807, 2.05) is 0 Å². The number of esters is 2. The highest BCUT2D eigenvalue weighted by Crippen LogP contribution is 2.05. The van der Waals surface area contributed by atoms with Crippen molar-refractivity contribution < 1.29 is 29.3 Å². The van der Waals surface area contributed by atoms with E-state index < -0.39 is 6.10 Å². The standard InChI is InChI=1S/C15H28O5.C2H6O/c1-3-5-7-9-14(17)19-12-13(11-16)20-15(18)10-8-6-4-2;1-2-3/h13,16H,3-12H2,1-2H3;3H,2H2,1H3/t13-;/m0./s1. The molecule has 2 N–H and O–H groups in total. The normalized spacial score (nSPS) is 11.2. The summed E-state index contributed by atoms with van der Waals surface area (Å²) in [6.07, 6.45) is 5.59. The van der Waals surface area contributed by atoms with E-state index in [1.54, 1.807) is 6.92 Å². The first-order valence-electron chi connectivity index (χ1n) is 8.62. The summed E-state index contributed by atoms with van der Waals surface area (Å²) in [5.74, 6) is -0.654. The third-order valence-electron chi connectivity index (χ3n) is 2.90. The smallest absolute Gasteiger partial charge is 0.306 e. The molecule has 0 amide bonds. The predicted molar refractivity (Wildman–Crippen MR) is 89.0 cm³/mol. The van der Waals surface area contributed by atoms with Crippen molar-refractivity contribution in [3.8, 4) is 0 Å². The summed E-state index contributed by atoms with van der Waals surface area (Å²) in [5.41, 5.74) is 0. The molecule has 6 heteroatoms. The van der Waals surface area contributed by atoms with Gasteiger partial charge in [-0.25, -0.2) is 0 Å². The van der Waals surface area contributed by atoms with Crippen LogP contribution in [0.4, 0.5) is 0 Å². The molecule has 0 bridgehead atoms. The average Bonchev–Trinajstić information content (AvgIpc) is 2.52. The quantitative estimate of drug-likeness (QED) is 0.421. The Labute approximate surface area is 140 Å². The molecular weight excluding hydrogens is 300 g/mol. The molecule has 0 aromatic heterocycles. The van der Waals surface area contributed by atoms with Gasteiger partial charge in [-0.05, 0) is 19.8 Å². The summed E-state index contributed by atoms with van der Waals surface area (Å²) in [5, 5.41) is 16.7. The van der Waals surface area contributed by atoms with Crippen molar-refractivity contribution >= 4 is 11.9 Å². The molecule has 1 atom stereocenters. The minimum atomic E-state index is -0.751. The van der Waals surface area contributed by atoms with Crippen LogP contribution in [-0.4, -0.2) is 48.1 Å². The summed E-state index contributed by atoms with van der Waals surface area (Å²) < 4.78 is 10.0. The number of carbonyl (C=O) groups is 2. The van der Waals surface area contributed by atoms with Crippen LogP contribution < -0.4 is 0 Å². The second-order valence-electron chi connectivity index (χ2n) is 5.21. The van der Waals surface area contributed by atoms with E-state index in [-0.39, 0.29) is 31.8 Å². The number of unbranched alkanes of at least 4 members (excludes halogenated alkanes) is 4. The highest BCUT2D eigenvalue weighted by atomic mass is 16.6. The molecule has 0 rings (SSSR count). The number of carbonyl (C=O) groups excluding carboxylic acids is 2. The van der Waals surface area contributed by atoms with Crippen LogP contribution in [0, 0.1) is 0 Å². The molecule has 0 radical (unpaired) electrons. The molecule has 138 valence electrons. The fraction of sp³-hybridized carbons (Fsp3) is 0.882. The van der Waals surface area contributed by atoms with E-state index in [2.05, 4.69) is 13.8 Å². The van der Waals surface area contributed by atoms with E-state index in [0.29, 0.717) is 12.8 Å². The van der Waals surface area contributed by atoms with Crippen molar-refractivity contribution in [3.05, 3.63) is 0 Å². The molecule has 0 unspecified atom stereocenters. The van der Waals surface area contributed by atoms with Gasteiger partial charge in [0, 0.05) is 19.4 Å². The minimum Gasteiger partial charge on any atom is -0.462 e. The van der Waals surface area contributed by atoms with Gasteiger partial charge in [0.05, 0.1) is 6.61 Å². The Kier molecular flexibility index (Phi) is 19.8. The van der Waals surface area contributed by atoms with Crippen LogP contribution in [0.5, 0.6) is 0 Å². The zero-order valence-electron chi connectivity index (χ0n) is 14.9. The largest absolute Gasteiger partial charge is 0.462 e. The fourth-order valence-electron chi connectivity index (χ4n) is 1.67. The average molecular weight is 334 g/mol. The van der Waals surface area contributed by atoms with E-state index in [0.717, 1.165) is 38.5 Å². The summed E-state index contributed by atoms with van der Waals surface area (Å²) in [6.45, 7) is 5.65. The van der Waals surface area contributed by atoms with Crippen LogP contribution in [0.3, 0.4) is 0 Å². The number of hydrogen-bond donors (Lipinski definition) is 2. The van der Waals surface area contributed by atoms with Crippen LogP contribution >= 0.6 is 0 Å². The van der Waals surface area contributed by atoms with Gasteiger partial charge in [0.25, 0.3) is 0 Å². The van der Waals surface area contributed by atoms with E-state index >= 15 is 0 Å². The van der Waals surface area contributed by atoms with Gasteiger partial charge in [0.15, 0.2) is 6.10 Å². The Morgan fingerprint density at radius 2 is 1.35 bits per heavy atom. The lowest BCUT2D eigenvalue weighted by molar-refractivity contribution is -0.161. The van der Waals surface area contributed by atoms with Crippen LogP contribution in [0.2, 0.25) is 0 Å². The molecule has 0 fully saturated rings. The Bertz CT molecular complexity index is 280. The summed E-state index contributed by atoms with van der Waals surface area (Å²) in [6, 6.07) is 0. The molecule has 6 nitrogen and oxygen atoms in total. The summed E-state index contributed by atoms with van der Waals surface area (Å²) in [7, 11) is 0. The maximum absolute atomic E-state index is 11.5. The van der Waals surface area contributed by atoms with Crippen LogP contribution in [0.1, 0.15) is 72.1 Å². The molecule has 0 aliphatic carbocycles. The van der Waals surface area contributed by atoms with Crippen molar-refractivity contribution in [2.75, 3.05) is 19.8 Å². The highest BCUT2D eigenvalue weighted by Gasteiger charge is 2.15. The fourth-order valence-corrected chi connectivity index (χ4v) is 1.67. The number of rotatable bonds is 12. The van der Waals surface area contributed by atoms with Gasteiger partial charge in [-0.1, -0.05) is 39.5 Å². The molecular formula is C17H34O6. The Balaban J connectivity index is 0. The number of aliphatic hydroxyl groups is 2. The van der Waals surface area contributed by atoms with Crippen molar-refractivity contribution in [2.45, 2.75) is 78.2 Å². The van der Waals surface area contributed by atoms with E-state index in [4.69, 9.17) is 19.7 Å². The molecule has 0 aliphatic heterocycles. The monoisotopic (exact) mass is 334 g/mol. The zero-order valence-corrected chi connectivity index (χ0v) is 14.9. The first kappa shape index (κ1) is 24.1. The van der Waals surface area contributed by atoms with Gasteiger partial charge in [0.1, 0.15) is 6.61 Å². The molecule has 0 aromatic carbocycles. The van der Waals surface area contributed by atoms with Crippen LogP contribution in [0.25, 0.3) is 0 Å². The van der Waals surface area contributed by atoms with Gasteiger partial charge in [-0.3, -0.25) is 9.59 Å². The van der Waals surface area contributed by atoms with Crippen molar-refractivity contribution in [3.63, 3.8) is 0 Å². The molecule has 0 saturated carbocycles. The summed E-state index contributed by atoms with van der Waals surface area (Å²) in [4.78, 5) is 22.9. The van der Waals surface area contributed by atoms with Gasteiger partial charge in [-0.15, -0.1) is 0 Å². The Morgan fingerprint density at radius 3 is 1.78 bits per heavy atom. The minimum absolute atomic E-state index is 0.0685. The van der Waals surface area contributed by atoms with Gasteiger partial charge in [0.2, 0.25) is 0 Å². The number of hydrogen-bond acceptors (Lipinski definition) is 6. The predicted octanol–water partition coefficient (Wildman–Crippen LogP) is 2.59. The topological polar surface area (TPSA) is 93.1 Å². The SMILES string of the molecule is CCCCCC(=O)OC[C@H](CO)OC(=O)CCCCC.CCO. The second kappa shape index (κ2) is 18.9. The lowest BCUT2D eigenvalue weighted by Crippen LogP contribution is -2.28. The third kappa shape index (κ3) is 18.8. The first-order chi connectivity index (χ1) is 11.0.